The highest BCUT2D eigenvalue weighted by atomic mass is 79.9. The third kappa shape index (κ3) is 3.60. The summed E-state index contributed by atoms with van der Waals surface area (Å²) in [4.78, 5) is 3.87. The molecule has 0 aliphatic rings. The summed E-state index contributed by atoms with van der Waals surface area (Å²) in [7, 11) is -3.84. The highest BCUT2D eigenvalue weighted by Crippen LogP contribution is 2.29. The van der Waals surface area contributed by atoms with Gasteiger partial charge in [-0.1, -0.05) is 23.2 Å². The summed E-state index contributed by atoms with van der Waals surface area (Å²) in [6.07, 6.45) is 1.31. The number of sulfonamides is 1. The lowest BCUT2D eigenvalue weighted by Crippen LogP contribution is -2.15. The zero-order valence-corrected chi connectivity index (χ0v) is 14.6. The molecule has 21 heavy (non-hydrogen) atoms. The van der Waals surface area contributed by atoms with E-state index in [0.717, 1.165) is 0 Å². The zero-order valence-electron chi connectivity index (χ0n) is 10.7. The highest BCUT2D eigenvalue weighted by Gasteiger charge is 2.20. The van der Waals surface area contributed by atoms with Gasteiger partial charge in [-0.25, -0.2) is 13.4 Å². The molecule has 0 unspecified atom stereocenters. The molecule has 1 heterocycles. The molecule has 0 aliphatic heterocycles. The number of nitrogens with two attached hydrogens (primary N) is 1. The minimum Gasteiger partial charge on any atom is -0.398 e. The average molecular weight is 411 g/mol. The number of nitrogen functional groups attached to an aromatic ring is 1. The van der Waals surface area contributed by atoms with Crippen molar-refractivity contribution >= 4 is 60.5 Å². The van der Waals surface area contributed by atoms with Crippen molar-refractivity contribution < 1.29 is 8.42 Å². The number of benzene rings is 1. The lowest BCUT2D eigenvalue weighted by Gasteiger charge is -2.12. The van der Waals surface area contributed by atoms with Crippen LogP contribution in [-0.4, -0.2) is 13.4 Å². The van der Waals surface area contributed by atoms with E-state index in [9.17, 15) is 8.42 Å². The van der Waals surface area contributed by atoms with Crippen molar-refractivity contribution in [2.45, 2.75) is 11.8 Å². The third-order valence-electron chi connectivity index (χ3n) is 2.70. The minimum absolute atomic E-state index is 0.0126. The molecule has 0 saturated carbocycles. The first kappa shape index (κ1) is 16.4. The number of hydrogen-bond donors (Lipinski definition) is 2. The van der Waals surface area contributed by atoms with Crippen molar-refractivity contribution in [2.75, 3.05) is 10.5 Å². The SMILES string of the molecule is Cc1c(N)cc(Cl)cc1S(=O)(=O)Nc1cnc(Cl)c(Br)c1. The fourth-order valence-electron chi connectivity index (χ4n) is 1.64. The molecule has 0 amide bonds. The molecule has 0 bridgehead atoms. The number of hydrogen-bond acceptors (Lipinski definition) is 4. The summed E-state index contributed by atoms with van der Waals surface area (Å²) >= 11 is 14.8. The minimum atomic E-state index is -3.84. The predicted molar refractivity (Wildman–Crippen MR) is 88.4 cm³/mol. The molecule has 0 radical (unpaired) electrons. The molecule has 0 saturated heterocycles. The molecular weight excluding hydrogens is 401 g/mol. The molecule has 1 aromatic carbocycles. The molecule has 0 aliphatic carbocycles. The van der Waals surface area contributed by atoms with Crippen LogP contribution < -0.4 is 10.5 Å². The van der Waals surface area contributed by atoms with Gasteiger partial charge in [0, 0.05) is 10.7 Å². The summed E-state index contributed by atoms with van der Waals surface area (Å²) in [6, 6.07) is 4.35. The van der Waals surface area contributed by atoms with Gasteiger partial charge in [0.1, 0.15) is 5.15 Å². The zero-order chi connectivity index (χ0) is 15.8. The fourth-order valence-corrected chi connectivity index (χ4v) is 3.72. The van der Waals surface area contributed by atoms with Gasteiger partial charge >= 0.3 is 0 Å². The Labute approximate surface area is 140 Å². The first-order chi connectivity index (χ1) is 9.70. The second-order valence-electron chi connectivity index (χ2n) is 4.22. The molecule has 0 atom stereocenters. The van der Waals surface area contributed by atoms with Crippen LogP contribution in [0.1, 0.15) is 5.56 Å². The van der Waals surface area contributed by atoms with E-state index in [2.05, 4.69) is 25.6 Å². The van der Waals surface area contributed by atoms with Gasteiger partial charge in [0.2, 0.25) is 0 Å². The number of pyridine rings is 1. The number of anilines is 2. The van der Waals surface area contributed by atoms with Crippen molar-refractivity contribution in [1.29, 1.82) is 0 Å². The first-order valence-electron chi connectivity index (χ1n) is 5.60. The van der Waals surface area contributed by atoms with Crippen LogP contribution in [0.5, 0.6) is 0 Å². The van der Waals surface area contributed by atoms with Crippen molar-refractivity contribution in [3.05, 3.63) is 44.6 Å². The van der Waals surface area contributed by atoms with Crippen molar-refractivity contribution in [3.8, 4) is 0 Å². The number of halogens is 3. The van der Waals surface area contributed by atoms with Gasteiger partial charge in [0.25, 0.3) is 10.0 Å². The Morgan fingerprint density at radius 2 is 1.95 bits per heavy atom. The Morgan fingerprint density at radius 3 is 2.57 bits per heavy atom. The second kappa shape index (κ2) is 6.00. The Kier molecular flexibility index (Phi) is 4.67. The van der Waals surface area contributed by atoms with Crippen LogP contribution in [0, 0.1) is 6.92 Å². The molecule has 0 fully saturated rings. The summed E-state index contributed by atoms with van der Waals surface area (Å²) in [6.45, 7) is 1.61. The Morgan fingerprint density at radius 1 is 1.29 bits per heavy atom. The molecule has 112 valence electrons. The first-order valence-corrected chi connectivity index (χ1v) is 8.63. The van der Waals surface area contributed by atoms with Crippen LogP contribution in [0.2, 0.25) is 10.2 Å². The van der Waals surface area contributed by atoms with E-state index in [4.69, 9.17) is 28.9 Å². The van der Waals surface area contributed by atoms with Gasteiger partial charge < -0.3 is 5.73 Å². The normalized spacial score (nSPS) is 11.4. The lowest BCUT2D eigenvalue weighted by molar-refractivity contribution is 0.600. The molecule has 2 aromatic rings. The molecule has 2 rings (SSSR count). The van der Waals surface area contributed by atoms with E-state index in [0.29, 0.717) is 15.7 Å². The molecular formula is C12H10BrCl2N3O2S. The summed E-state index contributed by atoms with van der Waals surface area (Å²) in [5.41, 5.74) is 6.74. The van der Waals surface area contributed by atoms with E-state index < -0.39 is 10.0 Å². The van der Waals surface area contributed by atoms with Crippen LogP contribution in [0.4, 0.5) is 11.4 Å². The van der Waals surface area contributed by atoms with Gasteiger partial charge in [0.05, 0.1) is 21.3 Å². The Balaban J connectivity index is 2.45. The van der Waals surface area contributed by atoms with Crippen LogP contribution >= 0.6 is 39.1 Å². The molecule has 9 heteroatoms. The van der Waals surface area contributed by atoms with Crippen molar-refractivity contribution in [3.63, 3.8) is 0 Å². The maximum Gasteiger partial charge on any atom is 0.262 e. The van der Waals surface area contributed by atoms with Crippen LogP contribution in [0.25, 0.3) is 0 Å². The summed E-state index contributed by atoms with van der Waals surface area (Å²) < 4.78 is 27.7. The fraction of sp³-hybridized carbons (Fsp3) is 0.0833. The largest absolute Gasteiger partial charge is 0.398 e. The van der Waals surface area contributed by atoms with E-state index in [-0.39, 0.29) is 20.8 Å². The summed E-state index contributed by atoms with van der Waals surface area (Å²) in [5, 5.41) is 0.481. The molecule has 0 spiro atoms. The average Bonchev–Trinajstić information content (AvgIpc) is 2.37. The summed E-state index contributed by atoms with van der Waals surface area (Å²) in [5.74, 6) is 0. The Bertz CT molecular complexity index is 812. The second-order valence-corrected chi connectivity index (χ2v) is 7.52. The van der Waals surface area contributed by atoms with Crippen LogP contribution in [0.15, 0.2) is 33.8 Å². The van der Waals surface area contributed by atoms with Gasteiger partial charge in [-0.15, -0.1) is 0 Å². The van der Waals surface area contributed by atoms with Crippen molar-refractivity contribution in [2.24, 2.45) is 0 Å². The predicted octanol–water partition coefficient (Wildman–Crippen LogP) is 3.84. The van der Waals surface area contributed by atoms with Crippen molar-refractivity contribution in [1.82, 2.24) is 4.98 Å². The van der Waals surface area contributed by atoms with Crippen LogP contribution in [0.3, 0.4) is 0 Å². The third-order valence-corrected chi connectivity index (χ3v) is 5.56. The lowest BCUT2D eigenvalue weighted by atomic mass is 10.2. The van der Waals surface area contributed by atoms with Crippen LogP contribution in [-0.2, 0) is 10.0 Å². The van der Waals surface area contributed by atoms with E-state index >= 15 is 0 Å². The van der Waals surface area contributed by atoms with E-state index in [1.807, 2.05) is 0 Å². The van der Waals surface area contributed by atoms with E-state index in [1.54, 1.807) is 6.92 Å². The smallest absolute Gasteiger partial charge is 0.262 e. The van der Waals surface area contributed by atoms with Gasteiger partial charge in [-0.05, 0) is 46.6 Å². The quantitative estimate of drug-likeness (QED) is 0.594. The topological polar surface area (TPSA) is 85.1 Å². The van der Waals surface area contributed by atoms with Gasteiger partial charge in [-0.2, -0.15) is 0 Å². The monoisotopic (exact) mass is 409 g/mol. The van der Waals surface area contributed by atoms with Gasteiger partial charge in [-0.3, -0.25) is 4.72 Å². The van der Waals surface area contributed by atoms with Gasteiger partial charge in [0.15, 0.2) is 0 Å². The number of nitrogens with zero attached hydrogens (tertiary/aromatic N) is 1. The maximum absolute atomic E-state index is 12.4. The molecule has 1 aromatic heterocycles. The van der Waals surface area contributed by atoms with E-state index in [1.165, 1.54) is 24.4 Å². The maximum atomic E-state index is 12.4. The standard InChI is InChI=1S/C12H10BrCl2N3O2S/c1-6-10(16)2-7(14)3-11(6)21(19,20)18-8-4-9(13)12(15)17-5-8/h2-5,18H,16H2,1H3. The molecule has 3 N–H and O–H groups in total. The number of nitrogens with one attached hydrogen (secondary N) is 1. The number of aromatic nitrogens is 1. The highest BCUT2D eigenvalue weighted by molar-refractivity contribution is 9.10. The molecule has 5 nitrogen and oxygen atoms in total. The number of rotatable bonds is 3. The Hall–Kier alpha value is -1.02.